The van der Waals surface area contributed by atoms with Gasteiger partial charge in [0.2, 0.25) is 5.91 Å². The maximum atomic E-state index is 13.2. The van der Waals surface area contributed by atoms with Gasteiger partial charge in [-0.25, -0.2) is 0 Å². The predicted octanol–water partition coefficient (Wildman–Crippen LogP) is 24.3. The van der Waals surface area contributed by atoms with Crippen LogP contribution in [0.15, 0.2) is 48.6 Å². The summed E-state index contributed by atoms with van der Waals surface area (Å²) in [6.45, 7) is 3.83. The lowest BCUT2D eigenvalue weighted by atomic mass is 9.99. The Labute approximate surface area is 584 Å². The lowest BCUT2D eigenvalue weighted by Crippen LogP contribution is -2.60. The average molecular weight is 1330 g/mol. The minimum absolute atomic E-state index is 0.167. The first-order valence-corrected chi connectivity index (χ1v) is 41.9. The molecular formula is C85H161NO8. The van der Waals surface area contributed by atoms with Gasteiger partial charge < -0.3 is 40.3 Å². The van der Waals surface area contributed by atoms with Crippen molar-refractivity contribution in [3.05, 3.63) is 48.6 Å². The zero-order valence-corrected chi connectivity index (χ0v) is 62.5. The molecule has 1 heterocycles. The summed E-state index contributed by atoms with van der Waals surface area (Å²) >= 11 is 0. The lowest BCUT2D eigenvalue weighted by molar-refractivity contribution is -0.302. The van der Waals surface area contributed by atoms with Crippen molar-refractivity contribution >= 4 is 5.91 Å². The van der Waals surface area contributed by atoms with E-state index < -0.39 is 49.5 Å². The molecule has 0 aromatic heterocycles. The van der Waals surface area contributed by atoms with Crippen LogP contribution in [0.3, 0.4) is 0 Å². The van der Waals surface area contributed by atoms with E-state index in [0.717, 1.165) is 51.4 Å². The van der Waals surface area contributed by atoms with Crippen LogP contribution in [0.4, 0.5) is 0 Å². The summed E-state index contributed by atoms with van der Waals surface area (Å²) in [6, 6.07) is -0.806. The SMILES string of the molecule is CCCCCCC/C=C\C/C=C\C/C=C\CCCCCCCCCCCCCCCCCCCCCCCCCCCCC(=O)NC(COC1OC(CO)C(O)C(O)C1O)C(O)/C=C/CCCCCCCCCCCCCCCCCCCCCCCCCCCCCC. The lowest BCUT2D eigenvalue weighted by Gasteiger charge is -2.40. The van der Waals surface area contributed by atoms with Gasteiger partial charge in [-0.3, -0.25) is 4.79 Å². The third kappa shape index (κ3) is 61.3. The predicted molar refractivity (Wildman–Crippen MR) is 406 cm³/mol. The number of hydrogen-bond acceptors (Lipinski definition) is 8. The number of unbranched alkanes of at least 4 members (excludes halogenated alkanes) is 59. The highest BCUT2D eigenvalue weighted by molar-refractivity contribution is 5.76. The topological polar surface area (TPSA) is 149 Å². The number of rotatable bonds is 75. The van der Waals surface area contributed by atoms with Crippen LogP contribution >= 0.6 is 0 Å². The van der Waals surface area contributed by atoms with E-state index in [1.807, 2.05) is 6.08 Å². The second-order valence-corrected chi connectivity index (χ2v) is 29.3. The summed E-state index contributed by atoms with van der Waals surface area (Å²) in [5, 5.41) is 55.0. The molecule has 1 saturated heterocycles. The van der Waals surface area contributed by atoms with E-state index in [1.54, 1.807) is 6.08 Å². The zero-order valence-electron chi connectivity index (χ0n) is 62.5. The third-order valence-electron chi connectivity index (χ3n) is 20.1. The fourth-order valence-electron chi connectivity index (χ4n) is 13.6. The molecule has 1 fully saturated rings. The first-order valence-electron chi connectivity index (χ1n) is 41.9. The number of ether oxygens (including phenoxy) is 2. The molecule has 7 unspecified atom stereocenters. The smallest absolute Gasteiger partial charge is 0.220 e. The number of hydrogen-bond donors (Lipinski definition) is 6. The zero-order chi connectivity index (χ0) is 67.8. The van der Waals surface area contributed by atoms with E-state index in [1.165, 1.54) is 360 Å². The summed E-state index contributed by atoms with van der Waals surface area (Å²) in [5.74, 6) is -0.167. The summed E-state index contributed by atoms with van der Waals surface area (Å²) in [6.07, 6.45) is 95.6. The summed E-state index contributed by atoms with van der Waals surface area (Å²) in [5.41, 5.74) is 0. The minimum atomic E-state index is -1.57. The molecule has 0 radical (unpaired) electrons. The Kier molecular flexibility index (Phi) is 70.8. The van der Waals surface area contributed by atoms with Gasteiger partial charge in [-0.2, -0.15) is 0 Å². The third-order valence-corrected chi connectivity index (χ3v) is 20.1. The number of aliphatic hydroxyl groups is 5. The van der Waals surface area contributed by atoms with Gasteiger partial charge in [0.25, 0.3) is 0 Å². The highest BCUT2D eigenvalue weighted by atomic mass is 16.7. The number of nitrogens with one attached hydrogen (secondary N) is 1. The van der Waals surface area contributed by atoms with Crippen molar-refractivity contribution in [3.63, 3.8) is 0 Å². The molecule has 0 aromatic rings. The van der Waals surface area contributed by atoms with Crippen LogP contribution in [0.1, 0.15) is 431 Å². The first-order chi connectivity index (χ1) is 46.3. The molecule has 7 atom stereocenters. The monoisotopic (exact) mass is 1320 g/mol. The van der Waals surface area contributed by atoms with Gasteiger partial charge >= 0.3 is 0 Å². The molecule has 0 spiro atoms. The fraction of sp³-hybridized carbons (Fsp3) is 0.894. The molecule has 554 valence electrons. The fourth-order valence-corrected chi connectivity index (χ4v) is 13.6. The molecule has 6 N–H and O–H groups in total. The van der Waals surface area contributed by atoms with Crippen molar-refractivity contribution in [2.45, 2.75) is 474 Å². The molecule has 1 aliphatic heterocycles. The Morgan fingerprint density at radius 1 is 0.362 bits per heavy atom. The van der Waals surface area contributed by atoms with Crippen LogP contribution in [-0.2, 0) is 14.3 Å². The number of amides is 1. The van der Waals surface area contributed by atoms with Crippen molar-refractivity contribution in [1.29, 1.82) is 0 Å². The minimum Gasteiger partial charge on any atom is -0.394 e. The van der Waals surface area contributed by atoms with Crippen molar-refractivity contribution in [3.8, 4) is 0 Å². The molecule has 94 heavy (non-hydrogen) atoms. The van der Waals surface area contributed by atoms with E-state index in [0.29, 0.717) is 6.42 Å². The maximum Gasteiger partial charge on any atom is 0.220 e. The normalized spacial score (nSPS) is 17.7. The Morgan fingerprint density at radius 3 is 0.926 bits per heavy atom. The number of carbonyl (C=O) groups excluding carboxylic acids is 1. The molecule has 1 aliphatic rings. The van der Waals surface area contributed by atoms with Crippen LogP contribution in [0.5, 0.6) is 0 Å². The van der Waals surface area contributed by atoms with E-state index in [4.69, 9.17) is 9.47 Å². The van der Waals surface area contributed by atoms with Gasteiger partial charge in [-0.1, -0.05) is 416 Å². The molecular weight excluding hydrogens is 1160 g/mol. The highest BCUT2D eigenvalue weighted by Crippen LogP contribution is 2.24. The molecule has 1 rings (SSSR count). The standard InChI is InChI=1S/C85H161NO8/c1-3-5-7-9-11-13-15-17-19-21-23-25-27-29-31-33-35-36-37-38-39-40-41-42-43-44-45-47-49-51-53-55-57-59-61-63-65-67-69-71-73-75-81(89)86-78(77-93-85-84(92)83(91)82(90)80(76-87)94-85)79(88)74-72-70-68-66-64-62-60-58-56-54-52-50-48-46-34-32-30-28-26-24-22-20-18-16-14-12-10-8-6-4-2/h15,17,21,23,27,29,72,74,78-80,82-85,87-88,90-92H,3-14,16,18-20,22,24-26,28,30-71,73,75-77H2,1-2H3,(H,86,89)/b17-15-,23-21-,29-27-,74-72+. The second kappa shape index (κ2) is 73.9. The molecule has 0 saturated carbocycles. The van der Waals surface area contributed by atoms with Gasteiger partial charge in [0.1, 0.15) is 24.4 Å². The van der Waals surface area contributed by atoms with Crippen molar-refractivity contribution in [2.75, 3.05) is 13.2 Å². The van der Waals surface area contributed by atoms with Crippen molar-refractivity contribution in [1.82, 2.24) is 5.32 Å². The van der Waals surface area contributed by atoms with Crippen LogP contribution in [0.25, 0.3) is 0 Å². The van der Waals surface area contributed by atoms with Gasteiger partial charge in [0.15, 0.2) is 6.29 Å². The largest absolute Gasteiger partial charge is 0.394 e. The summed E-state index contributed by atoms with van der Waals surface area (Å²) in [7, 11) is 0. The van der Waals surface area contributed by atoms with Crippen molar-refractivity contribution in [2.24, 2.45) is 0 Å². The quantitative estimate of drug-likeness (QED) is 0.0261. The number of allylic oxidation sites excluding steroid dienone is 7. The molecule has 0 bridgehead atoms. The summed E-state index contributed by atoms with van der Waals surface area (Å²) in [4.78, 5) is 13.2. The van der Waals surface area contributed by atoms with E-state index in [9.17, 15) is 30.3 Å². The van der Waals surface area contributed by atoms with Crippen LogP contribution in [-0.4, -0.2) is 87.5 Å². The van der Waals surface area contributed by atoms with Crippen LogP contribution < -0.4 is 5.32 Å². The van der Waals surface area contributed by atoms with Gasteiger partial charge in [-0.15, -0.1) is 0 Å². The molecule has 0 aromatic carbocycles. The second-order valence-electron chi connectivity index (χ2n) is 29.3. The van der Waals surface area contributed by atoms with E-state index in [2.05, 4.69) is 55.6 Å². The molecule has 9 heteroatoms. The number of carbonyl (C=O) groups is 1. The van der Waals surface area contributed by atoms with E-state index in [-0.39, 0.29) is 12.5 Å². The molecule has 1 amide bonds. The van der Waals surface area contributed by atoms with Gasteiger partial charge in [0, 0.05) is 6.42 Å². The van der Waals surface area contributed by atoms with E-state index >= 15 is 0 Å². The first kappa shape index (κ1) is 90.2. The van der Waals surface area contributed by atoms with Gasteiger partial charge in [0.05, 0.1) is 25.4 Å². The highest BCUT2D eigenvalue weighted by Gasteiger charge is 2.44. The Balaban J connectivity index is 2.03. The van der Waals surface area contributed by atoms with Gasteiger partial charge in [-0.05, 0) is 57.8 Å². The molecule has 0 aliphatic carbocycles. The maximum absolute atomic E-state index is 13.2. The number of aliphatic hydroxyl groups excluding tert-OH is 5. The average Bonchev–Trinajstić information content (AvgIpc) is 0.831. The Bertz CT molecular complexity index is 1630. The molecule has 9 nitrogen and oxygen atoms in total. The Morgan fingerprint density at radius 2 is 0.628 bits per heavy atom. The Hall–Kier alpha value is -1.85. The van der Waals surface area contributed by atoms with Crippen LogP contribution in [0, 0.1) is 0 Å². The summed E-state index contributed by atoms with van der Waals surface area (Å²) < 4.78 is 11.4. The van der Waals surface area contributed by atoms with Crippen LogP contribution in [0.2, 0.25) is 0 Å². The van der Waals surface area contributed by atoms with Crippen molar-refractivity contribution < 1.29 is 39.8 Å².